The van der Waals surface area contributed by atoms with Gasteiger partial charge in [0.25, 0.3) is 5.91 Å². The number of nitrogens with one attached hydrogen (secondary N) is 1. The number of sulfone groups is 1. The van der Waals surface area contributed by atoms with Crippen LogP contribution in [-0.2, 0) is 33.5 Å². The van der Waals surface area contributed by atoms with Crippen LogP contribution in [0.2, 0.25) is 0 Å². The molecular formula is C25H26N4Na2O11S3. The molecule has 45 heavy (non-hydrogen) atoms. The Kier molecular flexibility index (Phi) is 18.9. The third kappa shape index (κ3) is 14.8. The molecule has 0 saturated carbocycles. The van der Waals surface area contributed by atoms with Crippen molar-refractivity contribution in [3.05, 3.63) is 78.4 Å². The van der Waals surface area contributed by atoms with Crippen molar-refractivity contribution in [3.63, 3.8) is 0 Å². The van der Waals surface area contributed by atoms with E-state index in [9.17, 15) is 31.4 Å². The van der Waals surface area contributed by atoms with Crippen LogP contribution >= 0.6 is 12.3 Å². The summed E-state index contributed by atoms with van der Waals surface area (Å²) in [4.78, 5) is 14.9. The summed E-state index contributed by atoms with van der Waals surface area (Å²) in [5, 5.41) is 23.7. The number of benzene rings is 3. The number of methoxy groups -OCH3 is 1. The van der Waals surface area contributed by atoms with Crippen molar-refractivity contribution < 1.29 is 109 Å². The van der Waals surface area contributed by atoms with Gasteiger partial charge in [0.2, 0.25) is 0 Å². The molecule has 0 saturated heterocycles. The van der Waals surface area contributed by atoms with E-state index in [0.29, 0.717) is 22.7 Å². The van der Waals surface area contributed by atoms with Crippen LogP contribution in [0.25, 0.3) is 0 Å². The molecule has 3 rings (SSSR count). The summed E-state index contributed by atoms with van der Waals surface area (Å²) >= 11 is 0.206. The van der Waals surface area contributed by atoms with E-state index in [-0.39, 0.29) is 107 Å². The van der Waals surface area contributed by atoms with Crippen molar-refractivity contribution in [2.24, 2.45) is 10.2 Å². The summed E-state index contributed by atoms with van der Waals surface area (Å²) < 4.78 is 71.7. The Hall–Kier alpha value is -1.62. The average molecular weight is 701 g/mol. The van der Waals surface area contributed by atoms with Crippen LogP contribution in [0.3, 0.4) is 0 Å². The first kappa shape index (κ1) is 41.4. The molecule has 0 bridgehead atoms. The van der Waals surface area contributed by atoms with Gasteiger partial charge in [-0.2, -0.15) is 5.11 Å². The van der Waals surface area contributed by atoms with E-state index in [1.165, 1.54) is 36.3 Å². The second-order valence-corrected chi connectivity index (χ2v) is 12.7. The molecule has 0 aromatic heterocycles. The van der Waals surface area contributed by atoms with E-state index in [2.05, 4.69) is 24.9 Å². The molecule has 0 aliphatic rings. The predicted octanol–water partition coefficient (Wildman–Crippen LogP) is -3.10. The molecule has 232 valence electrons. The van der Waals surface area contributed by atoms with E-state index < -0.39 is 31.7 Å². The molecule has 0 heterocycles. The molecule has 3 aromatic carbocycles. The number of carbonyl (C=O) groups is 1. The quantitative estimate of drug-likeness (QED) is 0.0282. The van der Waals surface area contributed by atoms with Crippen LogP contribution < -0.4 is 79.3 Å². The maximum atomic E-state index is 13.6. The molecule has 0 fully saturated rings. The van der Waals surface area contributed by atoms with Gasteiger partial charge in [-0.1, -0.05) is 24.3 Å². The first-order valence-electron chi connectivity index (χ1n) is 12.2. The van der Waals surface area contributed by atoms with Crippen molar-refractivity contribution in [1.82, 2.24) is 0 Å². The zero-order chi connectivity index (χ0) is 31.3. The fraction of sp³-hybridized carbons (Fsp3) is 0.240. The zero-order valence-electron chi connectivity index (χ0n) is 24.5. The van der Waals surface area contributed by atoms with Crippen LogP contribution in [0.5, 0.6) is 5.75 Å². The average Bonchev–Trinajstić information content (AvgIpc) is 2.99. The zero-order valence-corrected chi connectivity index (χ0v) is 31.0. The summed E-state index contributed by atoms with van der Waals surface area (Å²) in [6.07, 6.45) is 0. The van der Waals surface area contributed by atoms with Gasteiger partial charge in [-0.05, 0) is 42.5 Å². The van der Waals surface area contributed by atoms with Crippen molar-refractivity contribution in [2.75, 3.05) is 47.9 Å². The molecule has 15 nitrogen and oxygen atoms in total. The molecule has 1 N–H and O–H groups in total. The first-order valence-corrected chi connectivity index (χ1v) is 16.3. The summed E-state index contributed by atoms with van der Waals surface area (Å²) in [7, 11) is -6.76. The molecule has 0 unspecified atom stereocenters. The van der Waals surface area contributed by atoms with Crippen LogP contribution in [0.1, 0.15) is 10.4 Å². The van der Waals surface area contributed by atoms with Gasteiger partial charge in [0.15, 0.2) is 22.2 Å². The number of para-hydroxylation sites is 1. The van der Waals surface area contributed by atoms with E-state index in [1.54, 1.807) is 48.5 Å². The second-order valence-electron chi connectivity index (χ2n) is 8.49. The Morgan fingerprint density at radius 2 is 1.69 bits per heavy atom. The Morgan fingerprint density at radius 1 is 0.956 bits per heavy atom. The summed E-state index contributed by atoms with van der Waals surface area (Å²) in [6.45, 7) is -0.426. The minimum absolute atomic E-state index is 0. The Bertz CT molecular complexity index is 1620. The molecule has 20 heteroatoms. The maximum absolute atomic E-state index is 13.6. The normalized spacial score (nSPS) is 11.4. The van der Waals surface area contributed by atoms with Crippen LogP contribution in [-0.4, -0.2) is 64.9 Å². The number of hydrogen-bond donors (Lipinski definition) is 1. The molecule has 0 spiro atoms. The fourth-order valence-electron chi connectivity index (χ4n) is 3.52. The van der Waals surface area contributed by atoms with Crippen molar-refractivity contribution in [1.29, 1.82) is 0 Å². The fourth-order valence-corrected chi connectivity index (χ4v) is 5.19. The summed E-state index contributed by atoms with van der Waals surface area (Å²) in [5.41, 5.74) is 1.62. The Morgan fingerprint density at radius 3 is 2.36 bits per heavy atom. The second kappa shape index (κ2) is 20.6. The van der Waals surface area contributed by atoms with E-state index in [4.69, 9.17) is 8.92 Å². The Labute approximate surface area is 309 Å². The van der Waals surface area contributed by atoms with E-state index in [1.807, 2.05) is 0 Å². The van der Waals surface area contributed by atoms with E-state index >= 15 is 0 Å². The summed E-state index contributed by atoms with van der Waals surface area (Å²) in [5.74, 6) is -1.78. The first-order chi connectivity index (χ1) is 20.5. The number of amides is 1. The number of carbonyl (C=O) groups excluding carboxylic acids is 1. The molecular weight excluding hydrogens is 674 g/mol. The molecule has 0 radical (unpaired) electrons. The van der Waals surface area contributed by atoms with Crippen molar-refractivity contribution >= 4 is 60.9 Å². The third-order valence-corrected chi connectivity index (χ3v) is 7.98. The standard InChI is InChI=1S/C25H28N4O11S3.2Na/c1-37-24-17-20(26-18-43(34,35)36)10-11-23(24)28-27-21-7-5-6-19(16-21)25(30)29(22-8-3-2-4-9-22)12-14-42(32,33)15-13-38-41-40-39-31;;/h2-11,16-17,26,31H,12-15,18H2,1H3,(H,34,35,36);;/q;2*+1/p-2. The third-order valence-electron chi connectivity index (χ3n) is 5.52. The summed E-state index contributed by atoms with van der Waals surface area (Å²) in [6, 6.07) is 19.2. The molecule has 0 atom stereocenters. The SMILES string of the molecule is COc1cc(NCS(=O)(=O)[O-])ccc1N=Nc1cccc(C(=O)N(CCS(=O)(=O)CCOSOO[O-])c2ccccc2)c1.[Na+].[Na+]. The van der Waals surface area contributed by atoms with Crippen molar-refractivity contribution in [3.8, 4) is 5.75 Å². The van der Waals surface area contributed by atoms with Gasteiger partial charge < -0.3 is 24.8 Å². The van der Waals surface area contributed by atoms with Gasteiger partial charge in [0, 0.05) is 29.5 Å². The minimum atomic E-state index is -4.48. The van der Waals surface area contributed by atoms with Gasteiger partial charge >= 0.3 is 59.1 Å². The molecule has 1 amide bonds. The maximum Gasteiger partial charge on any atom is 1.00 e. The van der Waals surface area contributed by atoms with Gasteiger partial charge in [-0.3, -0.25) is 14.0 Å². The number of azo groups is 1. The molecule has 3 aromatic rings. The van der Waals surface area contributed by atoms with E-state index in [0.717, 1.165) is 0 Å². The van der Waals surface area contributed by atoms with Gasteiger partial charge in [-0.25, -0.2) is 16.8 Å². The van der Waals surface area contributed by atoms with Gasteiger partial charge in [0.05, 0.1) is 30.9 Å². The topological polar surface area (TPSA) is 208 Å². The van der Waals surface area contributed by atoms with Gasteiger partial charge in [0.1, 0.15) is 27.4 Å². The van der Waals surface area contributed by atoms with Gasteiger partial charge in [-0.15, -0.1) is 9.45 Å². The Balaban J connectivity index is 0.00000506. The minimum Gasteiger partial charge on any atom is -0.747 e. The number of nitrogens with zero attached hydrogens (tertiary/aromatic N) is 3. The number of ether oxygens (including phenoxy) is 1. The number of rotatable bonds is 17. The molecule has 0 aliphatic carbocycles. The number of anilines is 2. The predicted molar refractivity (Wildman–Crippen MR) is 154 cm³/mol. The smallest absolute Gasteiger partial charge is 0.747 e. The van der Waals surface area contributed by atoms with Crippen LogP contribution in [0.4, 0.5) is 22.7 Å². The monoisotopic (exact) mass is 700 g/mol. The van der Waals surface area contributed by atoms with Crippen molar-refractivity contribution in [2.45, 2.75) is 0 Å². The van der Waals surface area contributed by atoms with Crippen LogP contribution in [0.15, 0.2) is 83.0 Å². The largest absolute Gasteiger partial charge is 1.00 e. The molecule has 0 aliphatic heterocycles. The number of hydrogen-bond acceptors (Lipinski definition) is 15. The van der Waals surface area contributed by atoms with Crippen LogP contribution in [0, 0.1) is 0 Å².